The second kappa shape index (κ2) is 11.9. The highest BCUT2D eigenvalue weighted by Gasteiger charge is 2.23. The van der Waals surface area contributed by atoms with Crippen LogP contribution in [0.2, 0.25) is 5.02 Å². The number of nitrogens with one attached hydrogen (secondary N) is 1. The summed E-state index contributed by atoms with van der Waals surface area (Å²) in [5, 5.41) is 7.95. The number of hydrogen-bond acceptors (Lipinski definition) is 6. The molecular formula is C19H26ClIN6O3. The van der Waals surface area contributed by atoms with Crippen LogP contribution in [0.15, 0.2) is 33.8 Å². The molecule has 1 aromatic heterocycles. The highest BCUT2D eigenvalue weighted by Crippen LogP contribution is 2.19. The average Bonchev–Trinajstić information content (AvgIpc) is 3.21. The molecule has 1 aliphatic rings. The molecule has 0 aliphatic carbocycles. The Balaban J connectivity index is 0.00000320. The molecule has 3 rings (SSSR count). The van der Waals surface area contributed by atoms with E-state index >= 15 is 0 Å². The maximum atomic E-state index is 11.8. The van der Waals surface area contributed by atoms with Gasteiger partial charge in [0, 0.05) is 56.8 Å². The van der Waals surface area contributed by atoms with Gasteiger partial charge in [-0.3, -0.25) is 4.99 Å². The van der Waals surface area contributed by atoms with E-state index in [0.29, 0.717) is 62.5 Å². The molecule has 1 N–H and O–H groups in total. The van der Waals surface area contributed by atoms with Crippen molar-refractivity contribution < 1.29 is 14.1 Å². The molecule has 0 saturated carbocycles. The number of carbonyl (C=O) groups excluding carboxylic acids is 1. The Labute approximate surface area is 197 Å². The molecule has 1 aromatic carbocycles. The smallest absolute Gasteiger partial charge is 0.409 e. The number of rotatable bonds is 5. The van der Waals surface area contributed by atoms with Gasteiger partial charge in [-0.25, -0.2) is 4.79 Å². The summed E-state index contributed by atoms with van der Waals surface area (Å²) in [5.74, 6) is 1.83. The number of aromatic nitrogens is 2. The summed E-state index contributed by atoms with van der Waals surface area (Å²) in [6, 6.07) is 7.33. The van der Waals surface area contributed by atoms with Crippen LogP contribution in [0.1, 0.15) is 12.8 Å². The van der Waals surface area contributed by atoms with Gasteiger partial charge in [-0.05, 0) is 19.1 Å². The van der Waals surface area contributed by atoms with Gasteiger partial charge < -0.3 is 24.4 Å². The predicted octanol–water partition coefficient (Wildman–Crippen LogP) is 2.90. The zero-order valence-corrected chi connectivity index (χ0v) is 20.1. The van der Waals surface area contributed by atoms with Crippen molar-refractivity contribution in [2.45, 2.75) is 13.3 Å². The summed E-state index contributed by atoms with van der Waals surface area (Å²) in [4.78, 5) is 24.4. The fraction of sp³-hybridized carbons (Fsp3) is 0.474. The number of carbonyl (C=O) groups is 1. The van der Waals surface area contributed by atoms with E-state index in [9.17, 15) is 4.79 Å². The Morgan fingerprint density at radius 1 is 1.30 bits per heavy atom. The van der Waals surface area contributed by atoms with E-state index in [4.69, 9.17) is 20.9 Å². The number of benzene rings is 1. The topological polar surface area (TPSA) is 96.1 Å². The van der Waals surface area contributed by atoms with Crippen LogP contribution in [0.3, 0.4) is 0 Å². The summed E-state index contributed by atoms with van der Waals surface area (Å²) in [6.07, 6.45) is 0.303. The molecule has 0 radical (unpaired) electrons. The van der Waals surface area contributed by atoms with Crippen molar-refractivity contribution in [2.75, 3.05) is 46.4 Å². The van der Waals surface area contributed by atoms with Crippen LogP contribution < -0.4 is 5.32 Å². The molecule has 1 amide bonds. The monoisotopic (exact) mass is 548 g/mol. The molecule has 2 aromatic rings. The highest BCUT2D eigenvalue weighted by atomic mass is 127. The van der Waals surface area contributed by atoms with E-state index in [1.54, 1.807) is 31.0 Å². The minimum atomic E-state index is -0.262. The van der Waals surface area contributed by atoms with Crippen molar-refractivity contribution in [1.82, 2.24) is 25.3 Å². The minimum absolute atomic E-state index is 0. The Hall–Kier alpha value is -2.08. The Morgan fingerprint density at radius 2 is 2.03 bits per heavy atom. The fourth-order valence-corrected chi connectivity index (χ4v) is 3.22. The molecule has 164 valence electrons. The third-order valence-corrected chi connectivity index (χ3v) is 4.73. The van der Waals surface area contributed by atoms with Gasteiger partial charge in [-0.2, -0.15) is 4.98 Å². The molecule has 1 fully saturated rings. The number of ether oxygens (including phenoxy) is 1. The molecule has 11 heteroatoms. The molecule has 0 bridgehead atoms. The van der Waals surface area contributed by atoms with Gasteiger partial charge in [-0.15, -0.1) is 24.0 Å². The van der Waals surface area contributed by atoms with E-state index in [2.05, 4.69) is 25.3 Å². The van der Waals surface area contributed by atoms with E-state index in [1.807, 2.05) is 12.1 Å². The van der Waals surface area contributed by atoms with E-state index in [0.717, 1.165) is 11.5 Å². The lowest BCUT2D eigenvalue weighted by Crippen LogP contribution is -2.54. The zero-order valence-electron chi connectivity index (χ0n) is 17.0. The molecule has 0 unspecified atom stereocenters. The first kappa shape index (κ1) is 24.2. The summed E-state index contributed by atoms with van der Waals surface area (Å²) in [6.45, 7) is 5.38. The Bertz CT molecular complexity index is 854. The molecule has 9 nitrogen and oxygen atoms in total. The van der Waals surface area contributed by atoms with Gasteiger partial charge in [0.05, 0.1) is 6.61 Å². The Morgan fingerprint density at radius 3 is 2.70 bits per heavy atom. The van der Waals surface area contributed by atoms with Crippen molar-refractivity contribution >= 4 is 47.6 Å². The minimum Gasteiger partial charge on any atom is -0.450 e. The lowest BCUT2D eigenvalue weighted by Gasteiger charge is -2.35. The van der Waals surface area contributed by atoms with Crippen LogP contribution in [-0.2, 0) is 11.2 Å². The van der Waals surface area contributed by atoms with Crippen LogP contribution in [0.5, 0.6) is 0 Å². The number of amides is 1. The first-order valence-corrected chi connectivity index (χ1v) is 9.94. The van der Waals surface area contributed by atoms with Crippen LogP contribution in [0.25, 0.3) is 11.4 Å². The van der Waals surface area contributed by atoms with E-state index < -0.39 is 0 Å². The van der Waals surface area contributed by atoms with Gasteiger partial charge in [0.25, 0.3) is 0 Å². The summed E-state index contributed by atoms with van der Waals surface area (Å²) in [5.41, 5.74) is 0.815. The maximum absolute atomic E-state index is 11.8. The average molecular weight is 549 g/mol. The van der Waals surface area contributed by atoms with Gasteiger partial charge >= 0.3 is 6.09 Å². The number of nitrogens with zero attached hydrogens (tertiary/aromatic N) is 5. The summed E-state index contributed by atoms with van der Waals surface area (Å²) >= 11 is 6.01. The van der Waals surface area contributed by atoms with Crippen molar-refractivity contribution in [1.29, 1.82) is 0 Å². The normalized spacial score (nSPS) is 14.3. The zero-order chi connectivity index (χ0) is 20.6. The van der Waals surface area contributed by atoms with Crippen LogP contribution in [0, 0.1) is 0 Å². The van der Waals surface area contributed by atoms with Crippen molar-refractivity contribution in [3.63, 3.8) is 0 Å². The molecule has 0 spiro atoms. The quantitative estimate of drug-likeness (QED) is 0.349. The second-order valence-electron chi connectivity index (χ2n) is 6.42. The summed E-state index contributed by atoms with van der Waals surface area (Å²) in [7, 11) is 1.74. The van der Waals surface area contributed by atoms with Gasteiger partial charge in [0.15, 0.2) is 5.96 Å². The van der Waals surface area contributed by atoms with Crippen LogP contribution in [0.4, 0.5) is 4.79 Å². The second-order valence-corrected chi connectivity index (χ2v) is 6.86. The van der Waals surface area contributed by atoms with Gasteiger partial charge in [-0.1, -0.05) is 28.9 Å². The van der Waals surface area contributed by atoms with Gasteiger partial charge in [0.1, 0.15) is 0 Å². The standard InChI is InChI=1S/C19H25ClN6O3.HI/c1-3-28-19(27)26-11-9-25(10-12-26)18(21-2)22-8-7-16-23-17(24-29-16)14-5-4-6-15(20)13-14;/h4-6,13H,3,7-12H2,1-2H3,(H,21,22);1H. The van der Waals surface area contributed by atoms with Crippen molar-refractivity contribution in [2.24, 2.45) is 4.99 Å². The molecule has 2 heterocycles. The summed E-state index contributed by atoms with van der Waals surface area (Å²) < 4.78 is 10.4. The third kappa shape index (κ3) is 6.46. The number of piperazine rings is 1. The van der Waals surface area contributed by atoms with Crippen molar-refractivity contribution in [3.8, 4) is 11.4 Å². The van der Waals surface area contributed by atoms with Gasteiger partial charge in [0.2, 0.25) is 11.7 Å². The van der Waals surface area contributed by atoms with Crippen molar-refractivity contribution in [3.05, 3.63) is 35.2 Å². The SMILES string of the molecule is CCOC(=O)N1CCN(C(=NC)NCCc2nc(-c3cccc(Cl)c3)no2)CC1.I. The predicted molar refractivity (Wildman–Crippen MR) is 125 cm³/mol. The molecular weight excluding hydrogens is 523 g/mol. The lowest BCUT2D eigenvalue weighted by atomic mass is 10.2. The highest BCUT2D eigenvalue weighted by molar-refractivity contribution is 14.0. The number of aliphatic imine (C=N–C) groups is 1. The lowest BCUT2D eigenvalue weighted by molar-refractivity contribution is 0.0914. The number of guanidine groups is 1. The molecule has 30 heavy (non-hydrogen) atoms. The van der Waals surface area contributed by atoms with Crippen LogP contribution >= 0.6 is 35.6 Å². The number of hydrogen-bond donors (Lipinski definition) is 1. The Kier molecular flexibility index (Phi) is 9.63. The fourth-order valence-electron chi connectivity index (χ4n) is 3.03. The first-order chi connectivity index (χ1) is 14.1. The molecule has 0 atom stereocenters. The van der Waals surface area contributed by atoms with E-state index in [-0.39, 0.29) is 30.1 Å². The third-order valence-electron chi connectivity index (χ3n) is 4.49. The molecule has 1 aliphatic heterocycles. The van der Waals surface area contributed by atoms with Crippen LogP contribution in [-0.4, -0.2) is 78.4 Å². The molecule has 1 saturated heterocycles. The maximum Gasteiger partial charge on any atom is 0.409 e. The number of halogens is 2. The first-order valence-electron chi connectivity index (χ1n) is 9.56. The van der Waals surface area contributed by atoms with E-state index in [1.165, 1.54) is 0 Å². The largest absolute Gasteiger partial charge is 0.450 e.